The van der Waals surface area contributed by atoms with Crippen molar-refractivity contribution >= 4 is 17.7 Å². The first-order valence-electron chi connectivity index (χ1n) is 10.1. The lowest BCUT2D eigenvalue weighted by Crippen LogP contribution is -2.45. The number of methoxy groups -OCH3 is 1. The quantitative estimate of drug-likeness (QED) is 0.509. The van der Waals surface area contributed by atoms with E-state index in [1.807, 2.05) is 6.92 Å². The van der Waals surface area contributed by atoms with E-state index in [9.17, 15) is 18.8 Å². The number of hydrogen-bond acceptors (Lipinski definition) is 4. The summed E-state index contributed by atoms with van der Waals surface area (Å²) < 4.78 is 19.9. The number of amides is 1. The van der Waals surface area contributed by atoms with E-state index >= 15 is 0 Å². The van der Waals surface area contributed by atoms with E-state index in [-0.39, 0.29) is 17.7 Å². The van der Waals surface area contributed by atoms with Crippen molar-refractivity contribution in [1.82, 2.24) is 9.47 Å². The number of halogens is 1. The maximum Gasteiger partial charge on any atom is 0.354 e. The van der Waals surface area contributed by atoms with Gasteiger partial charge >= 0.3 is 5.97 Å². The molecule has 6 nitrogen and oxygen atoms in total. The van der Waals surface area contributed by atoms with Crippen LogP contribution in [0, 0.1) is 19.7 Å². The lowest BCUT2D eigenvalue weighted by atomic mass is 9.99. The normalized spacial score (nSPS) is 14.3. The summed E-state index contributed by atoms with van der Waals surface area (Å²) in [5, 5.41) is 0. The molecule has 0 saturated heterocycles. The van der Waals surface area contributed by atoms with Crippen molar-refractivity contribution in [2.24, 2.45) is 0 Å². The number of rotatable bonds is 7. The maximum atomic E-state index is 13.5. The first-order chi connectivity index (χ1) is 14.2. The number of carbonyl (C=O) groups excluding carboxylic acids is 3. The fourth-order valence-electron chi connectivity index (χ4n) is 4.10. The molecule has 1 aromatic carbocycles. The number of hydrogen-bond donors (Lipinski definition) is 0. The van der Waals surface area contributed by atoms with Crippen molar-refractivity contribution in [3.63, 3.8) is 0 Å². The van der Waals surface area contributed by atoms with Crippen molar-refractivity contribution in [3.8, 4) is 0 Å². The molecule has 0 spiro atoms. The predicted octanol–water partition coefficient (Wildman–Crippen LogP) is 3.93. The number of aromatic nitrogens is 1. The maximum absolute atomic E-state index is 13.5. The fourth-order valence-corrected chi connectivity index (χ4v) is 4.10. The molecule has 1 atom stereocenters. The van der Waals surface area contributed by atoms with Gasteiger partial charge in [0.25, 0.3) is 5.91 Å². The topological polar surface area (TPSA) is 68.6 Å². The Balaban J connectivity index is 1.99. The average Bonchev–Trinajstić information content (AvgIpc) is 3.52. The molecular weight excluding hydrogens is 387 g/mol. The minimum Gasteiger partial charge on any atom is -0.464 e. The van der Waals surface area contributed by atoms with Gasteiger partial charge in [-0.15, -0.1) is 0 Å². The van der Waals surface area contributed by atoms with Crippen LogP contribution >= 0.6 is 0 Å². The molecule has 0 N–H and O–H groups in total. The van der Waals surface area contributed by atoms with Crippen LogP contribution in [0.5, 0.6) is 0 Å². The predicted molar refractivity (Wildman–Crippen MR) is 110 cm³/mol. The van der Waals surface area contributed by atoms with E-state index in [2.05, 4.69) is 0 Å². The van der Waals surface area contributed by atoms with E-state index in [0.717, 1.165) is 12.8 Å². The van der Waals surface area contributed by atoms with Crippen LogP contribution in [0.15, 0.2) is 24.3 Å². The zero-order valence-corrected chi connectivity index (χ0v) is 18.0. The molecular formula is C23H27FN2O4. The summed E-state index contributed by atoms with van der Waals surface area (Å²) in [4.78, 5) is 40.6. The molecule has 0 aliphatic heterocycles. The summed E-state index contributed by atoms with van der Waals surface area (Å²) in [6, 6.07) is 4.61. The molecule has 7 heteroatoms. The third kappa shape index (κ3) is 3.76. The van der Waals surface area contributed by atoms with Gasteiger partial charge in [-0.05, 0) is 70.4 Å². The smallest absolute Gasteiger partial charge is 0.354 e. The third-order valence-corrected chi connectivity index (χ3v) is 5.77. The lowest BCUT2D eigenvalue weighted by Gasteiger charge is -2.29. The Kier molecular flexibility index (Phi) is 6.10. The van der Waals surface area contributed by atoms with E-state index in [0.29, 0.717) is 34.6 Å². The van der Waals surface area contributed by atoms with Crippen LogP contribution in [0.25, 0.3) is 0 Å². The number of carbonyl (C=O) groups is 3. The zero-order chi connectivity index (χ0) is 22.2. The van der Waals surface area contributed by atoms with Crippen molar-refractivity contribution in [1.29, 1.82) is 0 Å². The minimum atomic E-state index is -0.717. The molecule has 1 heterocycles. The van der Waals surface area contributed by atoms with Gasteiger partial charge in [-0.1, -0.05) is 0 Å². The second-order valence-electron chi connectivity index (χ2n) is 7.66. The Morgan fingerprint density at radius 1 is 1.20 bits per heavy atom. The molecule has 160 valence electrons. The first kappa shape index (κ1) is 21.7. The Bertz CT molecular complexity index is 990. The molecule has 1 saturated carbocycles. The van der Waals surface area contributed by atoms with Crippen molar-refractivity contribution in [3.05, 3.63) is 58.2 Å². The summed E-state index contributed by atoms with van der Waals surface area (Å²) in [6.45, 7) is 7.65. The summed E-state index contributed by atoms with van der Waals surface area (Å²) in [5.74, 6) is -1.43. The summed E-state index contributed by atoms with van der Waals surface area (Å²) in [5.41, 5.74) is 2.39. The van der Waals surface area contributed by atoms with Gasteiger partial charge in [-0.2, -0.15) is 0 Å². The van der Waals surface area contributed by atoms with Gasteiger partial charge in [0.1, 0.15) is 11.5 Å². The first-order valence-corrected chi connectivity index (χ1v) is 10.1. The van der Waals surface area contributed by atoms with Crippen molar-refractivity contribution in [2.75, 3.05) is 7.11 Å². The average molecular weight is 414 g/mol. The monoisotopic (exact) mass is 414 g/mol. The van der Waals surface area contributed by atoms with E-state index in [1.165, 1.54) is 31.4 Å². The molecule has 2 aromatic rings. The number of esters is 1. The number of Topliss-reactive ketones (excluding diaryl/α,β-unsaturated/α-hetero) is 1. The van der Waals surface area contributed by atoms with Crippen LogP contribution in [0.1, 0.15) is 69.2 Å². The Hall–Kier alpha value is -2.96. The van der Waals surface area contributed by atoms with Crippen LogP contribution in [0.4, 0.5) is 4.39 Å². The van der Waals surface area contributed by atoms with E-state index in [1.54, 1.807) is 30.2 Å². The van der Waals surface area contributed by atoms with E-state index < -0.39 is 17.8 Å². The standard InChI is InChI=1S/C23H27FN2O4/c1-6-25-14(3)19(13(2)20(25)23(29)30-5)21(27)15(4)26(18-11-12-18)22(28)16-7-9-17(24)10-8-16/h7-10,15,18H,6,11-12H2,1-5H3/t15-/m0/s1. The van der Waals surface area contributed by atoms with Crippen molar-refractivity contribution in [2.45, 2.75) is 59.2 Å². The molecule has 1 amide bonds. The van der Waals surface area contributed by atoms with Gasteiger partial charge in [0, 0.05) is 29.4 Å². The van der Waals surface area contributed by atoms with Crippen LogP contribution in [-0.4, -0.2) is 46.3 Å². The van der Waals surface area contributed by atoms with Gasteiger partial charge in [-0.25, -0.2) is 9.18 Å². The van der Waals surface area contributed by atoms with E-state index in [4.69, 9.17) is 4.74 Å². The molecule has 30 heavy (non-hydrogen) atoms. The van der Waals surface area contributed by atoms with Crippen LogP contribution in [0.3, 0.4) is 0 Å². The third-order valence-electron chi connectivity index (χ3n) is 5.77. The Morgan fingerprint density at radius 2 is 1.80 bits per heavy atom. The number of ketones is 1. The Morgan fingerprint density at radius 3 is 2.30 bits per heavy atom. The molecule has 1 fully saturated rings. The van der Waals surface area contributed by atoms with Crippen LogP contribution < -0.4 is 0 Å². The molecule has 1 aliphatic carbocycles. The SMILES string of the molecule is CCn1c(C)c(C(=O)[C@H](C)N(C(=O)c2ccc(F)cc2)C2CC2)c(C)c1C(=O)OC. The summed E-state index contributed by atoms with van der Waals surface area (Å²) >= 11 is 0. The van der Waals surface area contributed by atoms with Gasteiger partial charge < -0.3 is 14.2 Å². The van der Waals surface area contributed by atoms with Crippen LogP contribution in [-0.2, 0) is 11.3 Å². The molecule has 0 bridgehead atoms. The van der Waals surface area contributed by atoms with Crippen LogP contribution in [0.2, 0.25) is 0 Å². The van der Waals surface area contributed by atoms with Gasteiger partial charge in [0.2, 0.25) is 0 Å². The fraction of sp³-hybridized carbons (Fsp3) is 0.435. The lowest BCUT2D eigenvalue weighted by molar-refractivity contribution is 0.0586. The van der Waals surface area contributed by atoms with Crippen molar-refractivity contribution < 1.29 is 23.5 Å². The van der Waals surface area contributed by atoms with Gasteiger partial charge in [0.05, 0.1) is 13.2 Å². The molecule has 3 rings (SSSR count). The molecule has 1 aliphatic rings. The van der Waals surface area contributed by atoms with Gasteiger partial charge in [0.15, 0.2) is 5.78 Å². The molecule has 0 radical (unpaired) electrons. The van der Waals surface area contributed by atoms with Gasteiger partial charge in [-0.3, -0.25) is 9.59 Å². The summed E-state index contributed by atoms with van der Waals surface area (Å²) in [7, 11) is 1.31. The second kappa shape index (κ2) is 8.42. The zero-order valence-electron chi connectivity index (χ0n) is 18.0. The summed E-state index contributed by atoms with van der Waals surface area (Å²) in [6.07, 6.45) is 1.65. The molecule has 1 aromatic heterocycles. The highest BCUT2D eigenvalue weighted by atomic mass is 19.1. The number of nitrogens with zero attached hydrogens (tertiary/aromatic N) is 2. The molecule has 0 unspecified atom stereocenters. The Labute approximate surface area is 175 Å². The highest BCUT2D eigenvalue weighted by Gasteiger charge is 2.40. The number of benzene rings is 1. The largest absolute Gasteiger partial charge is 0.464 e. The highest BCUT2D eigenvalue weighted by Crippen LogP contribution is 2.33. The highest BCUT2D eigenvalue weighted by molar-refractivity contribution is 6.07. The number of ether oxygens (including phenoxy) is 1. The second-order valence-corrected chi connectivity index (χ2v) is 7.66. The minimum absolute atomic E-state index is 0.0181.